The van der Waals surface area contributed by atoms with Gasteiger partial charge >= 0.3 is 5.97 Å². The Hall–Kier alpha value is -1.62. The molecule has 1 atom stereocenters. The quantitative estimate of drug-likeness (QED) is 0.618. The van der Waals surface area contributed by atoms with Gasteiger partial charge in [-0.2, -0.15) is 0 Å². The third kappa shape index (κ3) is 3.10. The third-order valence-electron chi connectivity index (χ3n) is 3.51. The fraction of sp³-hybridized carbons (Fsp3) is 0.400. The normalized spacial score (nSPS) is 15.6. The van der Waals surface area contributed by atoms with Crippen molar-refractivity contribution in [1.82, 2.24) is 0 Å². The first-order valence-corrected chi connectivity index (χ1v) is 8.05. The number of benzene rings is 1. The zero-order valence-corrected chi connectivity index (χ0v) is 12.4. The molecule has 0 amide bonds. The van der Waals surface area contributed by atoms with Gasteiger partial charge in [-0.15, -0.1) is 0 Å². The van der Waals surface area contributed by atoms with E-state index in [9.17, 15) is 13.2 Å². The number of hydrogen-bond donors (Lipinski definition) is 0. The molecule has 4 nitrogen and oxygen atoms in total. The topological polar surface area (TPSA) is 60.4 Å². The molecule has 0 aliphatic heterocycles. The van der Waals surface area contributed by atoms with Crippen molar-refractivity contribution in [3.8, 4) is 0 Å². The van der Waals surface area contributed by atoms with Crippen LogP contribution in [0.2, 0.25) is 0 Å². The lowest BCUT2D eigenvalue weighted by Crippen LogP contribution is -2.32. The maximum absolute atomic E-state index is 12.6. The lowest BCUT2D eigenvalue weighted by atomic mass is 10.1. The van der Waals surface area contributed by atoms with Gasteiger partial charge in [0.1, 0.15) is 0 Å². The number of allylic oxidation sites excluding steroid dienone is 2. The third-order valence-corrected chi connectivity index (χ3v) is 5.54. The molecule has 0 saturated heterocycles. The molecule has 0 heterocycles. The molecule has 0 bridgehead atoms. The van der Waals surface area contributed by atoms with Crippen molar-refractivity contribution in [3.63, 3.8) is 0 Å². The number of sulfone groups is 1. The summed E-state index contributed by atoms with van der Waals surface area (Å²) in [5.41, 5.74) is 2.24. The fourth-order valence-corrected chi connectivity index (χ4v) is 3.82. The van der Waals surface area contributed by atoms with E-state index >= 15 is 0 Å². The summed E-state index contributed by atoms with van der Waals surface area (Å²) in [5, 5.41) is -1.16. The molecule has 108 valence electrons. The van der Waals surface area contributed by atoms with Crippen molar-refractivity contribution >= 4 is 15.8 Å². The summed E-state index contributed by atoms with van der Waals surface area (Å²) in [6.45, 7) is 1.89. The summed E-state index contributed by atoms with van der Waals surface area (Å²) < 4.78 is 29.9. The Morgan fingerprint density at radius 3 is 2.35 bits per heavy atom. The van der Waals surface area contributed by atoms with E-state index in [1.165, 1.54) is 24.8 Å². The molecule has 1 fully saturated rings. The Bertz CT molecular complexity index is 623. The number of esters is 1. The highest BCUT2D eigenvalue weighted by molar-refractivity contribution is 7.92. The molecule has 0 spiro atoms. The second-order valence-electron chi connectivity index (χ2n) is 4.96. The summed E-state index contributed by atoms with van der Waals surface area (Å²) in [7, 11) is -2.50. The van der Waals surface area contributed by atoms with Gasteiger partial charge in [0.2, 0.25) is 0 Å². The summed E-state index contributed by atoms with van der Waals surface area (Å²) in [6.07, 6.45) is 2.22. The van der Waals surface area contributed by atoms with E-state index in [4.69, 9.17) is 0 Å². The van der Waals surface area contributed by atoms with E-state index in [0.29, 0.717) is 0 Å². The minimum Gasteiger partial charge on any atom is -0.468 e. The van der Waals surface area contributed by atoms with Gasteiger partial charge in [-0.1, -0.05) is 29.3 Å². The molecule has 1 aromatic rings. The first-order chi connectivity index (χ1) is 9.46. The Morgan fingerprint density at radius 1 is 1.25 bits per heavy atom. The molecule has 5 heteroatoms. The molecular formula is C15H18O4S. The molecule has 1 saturated carbocycles. The highest BCUT2D eigenvalue weighted by Gasteiger charge is 2.36. The van der Waals surface area contributed by atoms with E-state index in [2.05, 4.69) is 4.74 Å². The Kier molecular flexibility index (Phi) is 4.28. The Balaban J connectivity index is 2.36. The largest absolute Gasteiger partial charge is 0.468 e. The van der Waals surface area contributed by atoms with Crippen LogP contribution in [0.5, 0.6) is 0 Å². The first kappa shape index (κ1) is 14.8. The zero-order chi connectivity index (χ0) is 14.8. The van der Waals surface area contributed by atoms with E-state index in [1.807, 2.05) is 6.92 Å². The van der Waals surface area contributed by atoms with E-state index in [1.54, 1.807) is 18.2 Å². The molecule has 1 aliphatic rings. The zero-order valence-electron chi connectivity index (χ0n) is 11.6. The molecule has 0 aromatic heterocycles. The van der Waals surface area contributed by atoms with Crippen LogP contribution < -0.4 is 0 Å². The van der Waals surface area contributed by atoms with Crippen molar-refractivity contribution in [3.05, 3.63) is 41.5 Å². The standard InChI is InChI=1S/C15H18O4S/c1-11(12-8-9-12)10-14(15(16)19-2)20(17,18)13-6-4-3-5-7-13/h3-7,14H,8-10H2,1-2H3. The second-order valence-corrected chi connectivity index (χ2v) is 7.09. The molecular weight excluding hydrogens is 276 g/mol. The Morgan fingerprint density at radius 2 is 1.85 bits per heavy atom. The van der Waals surface area contributed by atoms with Gasteiger partial charge in [-0.25, -0.2) is 8.42 Å². The van der Waals surface area contributed by atoms with Crippen molar-refractivity contribution in [1.29, 1.82) is 0 Å². The maximum Gasteiger partial charge on any atom is 0.324 e. The number of rotatable bonds is 5. The van der Waals surface area contributed by atoms with Crippen molar-refractivity contribution in [2.45, 2.75) is 36.3 Å². The van der Waals surface area contributed by atoms with Gasteiger partial charge in [-0.05, 0) is 38.3 Å². The fourth-order valence-electron chi connectivity index (χ4n) is 2.14. The minimum atomic E-state index is -3.72. The molecule has 1 unspecified atom stereocenters. The van der Waals surface area contributed by atoms with E-state index < -0.39 is 21.1 Å². The predicted molar refractivity (Wildman–Crippen MR) is 76.0 cm³/mol. The monoisotopic (exact) mass is 294 g/mol. The Labute approximate surface area is 119 Å². The molecule has 1 aromatic carbocycles. The number of methoxy groups -OCH3 is 1. The van der Waals surface area contributed by atoms with Crippen molar-refractivity contribution in [2.24, 2.45) is 0 Å². The number of carbonyl (C=O) groups is 1. The van der Waals surface area contributed by atoms with Gasteiger partial charge in [0.25, 0.3) is 0 Å². The summed E-state index contributed by atoms with van der Waals surface area (Å²) in [6, 6.07) is 8.04. The molecule has 1 aliphatic carbocycles. The van der Waals surface area contributed by atoms with Crippen molar-refractivity contribution in [2.75, 3.05) is 7.11 Å². The van der Waals surface area contributed by atoms with Crippen molar-refractivity contribution < 1.29 is 17.9 Å². The number of hydrogen-bond acceptors (Lipinski definition) is 4. The molecule has 2 rings (SSSR count). The summed E-state index contributed by atoms with van der Waals surface area (Å²) >= 11 is 0. The molecule has 0 N–H and O–H groups in total. The predicted octanol–water partition coefficient (Wildman–Crippen LogP) is 2.50. The van der Waals surface area contributed by atoms with Gasteiger partial charge in [0, 0.05) is 0 Å². The van der Waals surface area contributed by atoms with E-state index in [0.717, 1.165) is 18.4 Å². The van der Waals surface area contributed by atoms with Crippen LogP contribution in [-0.2, 0) is 19.4 Å². The van der Waals surface area contributed by atoms with Crippen LogP contribution in [0.4, 0.5) is 0 Å². The lowest BCUT2D eigenvalue weighted by molar-refractivity contribution is -0.140. The maximum atomic E-state index is 12.6. The lowest BCUT2D eigenvalue weighted by Gasteiger charge is -2.16. The number of carbonyl (C=O) groups excluding carboxylic acids is 1. The highest BCUT2D eigenvalue weighted by atomic mass is 32.2. The van der Waals surface area contributed by atoms with Gasteiger partial charge in [-0.3, -0.25) is 4.79 Å². The van der Waals surface area contributed by atoms with Crippen LogP contribution in [0.15, 0.2) is 46.4 Å². The van der Waals surface area contributed by atoms with Gasteiger partial charge in [0.15, 0.2) is 15.1 Å². The highest BCUT2D eigenvalue weighted by Crippen LogP contribution is 2.34. The van der Waals surface area contributed by atoms with Crippen LogP contribution in [0.3, 0.4) is 0 Å². The summed E-state index contributed by atoms with van der Waals surface area (Å²) in [4.78, 5) is 12.0. The van der Waals surface area contributed by atoms with Crippen LogP contribution >= 0.6 is 0 Å². The molecule has 20 heavy (non-hydrogen) atoms. The van der Waals surface area contributed by atoms with Crippen LogP contribution in [0.25, 0.3) is 0 Å². The van der Waals surface area contributed by atoms with E-state index in [-0.39, 0.29) is 11.3 Å². The number of ether oxygens (including phenoxy) is 1. The van der Waals surface area contributed by atoms with Crippen LogP contribution in [0, 0.1) is 0 Å². The first-order valence-electron chi connectivity index (χ1n) is 6.51. The minimum absolute atomic E-state index is 0.156. The average molecular weight is 294 g/mol. The average Bonchev–Trinajstić information content (AvgIpc) is 3.29. The second kappa shape index (κ2) is 5.79. The SMILES string of the molecule is COC(=O)C(CC(C)=C1CC1)S(=O)(=O)c1ccccc1. The summed E-state index contributed by atoms with van der Waals surface area (Å²) in [5.74, 6) is -0.700. The van der Waals surface area contributed by atoms with Crippen LogP contribution in [-0.4, -0.2) is 26.7 Å². The molecule has 0 radical (unpaired) electrons. The van der Waals surface area contributed by atoms with Gasteiger partial charge in [0.05, 0.1) is 12.0 Å². The van der Waals surface area contributed by atoms with Gasteiger partial charge < -0.3 is 4.74 Å². The van der Waals surface area contributed by atoms with Crippen LogP contribution in [0.1, 0.15) is 26.2 Å². The smallest absolute Gasteiger partial charge is 0.324 e.